The molecule has 1 fully saturated rings. The first-order valence-corrected chi connectivity index (χ1v) is 5.86. The zero-order valence-corrected chi connectivity index (χ0v) is 11.1. The molecule has 0 spiro atoms. The third kappa shape index (κ3) is 3.91. The van der Waals surface area contributed by atoms with E-state index in [1.165, 1.54) is 4.90 Å². The molecule has 1 rings (SSSR count). The van der Waals surface area contributed by atoms with Crippen LogP contribution in [-0.2, 0) is 14.3 Å². The summed E-state index contributed by atoms with van der Waals surface area (Å²) < 4.78 is 10.2. The number of cyclic esters (lactones) is 1. The number of esters is 1. The zero-order valence-electron chi connectivity index (χ0n) is 11.1. The van der Waals surface area contributed by atoms with Gasteiger partial charge in [-0.25, -0.2) is 4.79 Å². The lowest BCUT2D eigenvalue weighted by molar-refractivity contribution is -0.159. The summed E-state index contributed by atoms with van der Waals surface area (Å²) in [5, 5.41) is 0. The highest BCUT2D eigenvalue weighted by Crippen LogP contribution is 2.22. The van der Waals surface area contributed by atoms with Crippen LogP contribution >= 0.6 is 0 Å². The first-order chi connectivity index (χ1) is 7.70. The molecule has 0 aromatic heterocycles. The molecule has 1 aliphatic rings. The Morgan fingerprint density at radius 1 is 1.47 bits per heavy atom. The van der Waals surface area contributed by atoms with E-state index in [-0.39, 0.29) is 31.1 Å². The van der Waals surface area contributed by atoms with Crippen molar-refractivity contribution in [2.75, 3.05) is 6.73 Å². The van der Waals surface area contributed by atoms with Gasteiger partial charge in [0.1, 0.15) is 5.60 Å². The van der Waals surface area contributed by atoms with E-state index in [9.17, 15) is 9.59 Å². The van der Waals surface area contributed by atoms with E-state index in [1.54, 1.807) is 0 Å². The van der Waals surface area contributed by atoms with Crippen molar-refractivity contribution in [1.82, 2.24) is 4.90 Å². The van der Waals surface area contributed by atoms with E-state index in [0.717, 1.165) is 0 Å². The molecule has 17 heavy (non-hydrogen) atoms. The van der Waals surface area contributed by atoms with Gasteiger partial charge in [0.15, 0.2) is 6.73 Å². The molecule has 5 heteroatoms. The van der Waals surface area contributed by atoms with E-state index < -0.39 is 11.7 Å². The fourth-order valence-electron chi connectivity index (χ4n) is 1.68. The molecule has 1 amide bonds. The van der Waals surface area contributed by atoms with Crippen LogP contribution in [0.4, 0.5) is 4.79 Å². The van der Waals surface area contributed by atoms with Crippen LogP contribution in [0.5, 0.6) is 0 Å². The number of amides is 1. The number of nitrogens with zero attached hydrogens (tertiary/aromatic N) is 1. The predicted octanol–water partition coefficient (Wildman–Crippen LogP) is 2.15. The number of ether oxygens (including phenoxy) is 2. The molecule has 0 aromatic carbocycles. The van der Waals surface area contributed by atoms with Crippen LogP contribution in [0.3, 0.4) is 0 Å². The molecule has 1 atom stereocenters. The van der Waals surface area contributed by atoms with Gasteiger partial charge in [0.2, 0.25) is 0 Å². The molecule has 0 N–H and O–H groups in total. The van der Waals surface area contributed by atoms with Gasteiger partial charge >= 0.3 is 12.1 Å². The summed E-state index contributed by atoms with van der Waals surface area (Å²) in [6.45, 7) is 9.36. The molecule has 1 saturated heterocycles. The lowest BCUT2D eigenvalue weighted by Crippen LogP contribution is -2.51. The maximum absolute atomic E-state index is 11.9. The fourth-order valence-corrected chi connectivity index (χ4v) is 1.68. The van der Waals surface area contributed by atoms with Crippen LogP contribution in [0.2, 0.25) is 0 Å². The highest BCUT2D eigenvalue weighted by atomic mass is 16.6. The average Bonchev–Trinajstić information content (AvgIpc) is 2.14. The maximum atomic E-state index is 11.9. The first-order valence-electron chi connectivity index (χ1n) is 5.86. The normalized spacial score (nSPS) is 21.4. The van der Waals surface area contributed by atoms with Crippen molar-refractivity contribution in [2.24, 2.45) is 5.92 Å². The molecule has 0 unspecified atom stereocenters. The van der Waals surface area contributed by atoms with Gasteiger partial charge < -0.3 is 9.47 Å². The smallest absolute Gasteiger partial charge is 0.413 e. The Balaban J connectivity index is 2.73. The highest BCUT2D eigenvalue weighted by Gasteiger charge is 2.36. The van der Waals surface area contributed by atoms with Gasteiger partial charge in [-0.05, 0) is 26.7 Å². The molecule has 0 radical (unpaired) electrons. The molecule has 98 valence electrons. The molecule has 0 aliphatic carbocycles. The molecule has 5 nitrogen and oxygen atoms in total. The van der Waals surface area contributed by atoms with Crippen LogP contribution in [0.25, 0.3) is 0 Å². The summed E-state index contributed by atoms with van der Waals surface area (Å²) in [5.41, 5.74) is -0.542. The van der Waals surface area contributed by atoms with Gasteiger partial charge in [0, 0.05) is 0 Å². The van der Waals surface area contributed by atoms with E-state index in [1.807, 2.05) is 34.6 Å². The minimum absolute atomic E-state index is 0.0173. The van der Waals surface area contributed by atoms with Gasteiger partial charge in [0.25, 0.3) is 0 Å². The van der Waals surface area contributed by atoms with Gasteiger partial charge in [0.05, 0.1) is 12.5 Å². The van der Waals surface area contributed by atoms with Gasteiger partial charge in [-0.15, -0.1) is 0 Å². The Morgan fingerprint density at radius 2 is 2.06 bits per heavy atom. The summed E-state index contributed by atoms with van der Waals surface area (Å²) in [4.78, 5) is 24.7. The van der Waals surface area contributed by atoms with Crippen molar-refractivity contribution in [1.29, 1.82) is 0 Å². The zero-order chi connectivity index (χ0) is 13.2. The Bertz CT molecular complexity index is 306. The van der Waals surface area contributed by atoms with Gasteiger partial charge in [-0.2, -0.15) is 0 Å². The molecule has 0 aromatic rings. The van der Waals surface area contributed by atoms with E-state index in [4.69, 9.17) is 9.47 Å². The summed E-state index contributed by atoms with van der Waals surface area (Å²) in [6.07, 6.45) is -0.194. The first kappa shape index (κ1) is 13.8. The minimum Gasteiger partial charge on any atom is -0.444 e. The summed E-state index contributed by atoms with van der Waals surface area (Å²) in [6, 6.07) is -0.147. The summed E-state index contributed by atoms with van der Waals surface area (Å²) in [7, 11) is 0. The Labute approximate surface area is 102 Å². The Morgan fingerprint density at radius 3 is 2.53 bits per heavy atom. The molecular weight excluding hydrogens is 222 g/mol. The van der Waals surface area contributed by atoms with Crippen molar-refractivity contribution in [3.63, 3.8) is 0 Å². The Hall–Kier alpha value is -1.26. The number of rotatable bonds is 1. The number of hydrogen-bond donors (Lipinski definition) is 0. The quantitative estimate of drug-likeness (QED) is 0.662. The van der Waals surface area contributed by atoms with E-state index in [2.05, 4.69) is 0 Å². The highest BCUT2D eigenvalue weighted by molar-refractivity contribution is 5.75. The number of carbonyl (C=O) groups is 2. The molecule has 0 saturated carbocycles. The fraction of sp³-hybridized carbons (Fsp3) is 0.833. The third-order valence-electron chi connectivity index (χ3n) is 2.54. The number of hydrogen-bond acceptors (Lipinski definition) is 4. The molecular formula is C12H21NO4. The topological polar surface area (TPSA) is 55.8 Å². The monoisotopic (exact) mass is 243 g/mol. The van der Waals surface area contributed by atoms with E-state index >= 15 is 0 Å². The van der Waals surface area contributed by atoms with Crippen molar-refractivity contribution in [2.45, 2.75) is 52.7 Å². The summed E-state index contributed by atoms with van der Waals surface area (Å²) >= 11 is 0. The average molecular weight is 243 g/mol. The van der Waals surface area contributed by atoms with Crippen molar-refractivity contribution >= 4 is 12.1 Å². The van der Waals surface area contributed by atoms with Crippen LogP contribution in [0.15, 0.2) is 0 Å². The standard InChI is InChI=1S/C12H21NO4/c1-8(2)9-6-10(14)16-7-13(9)11(15)17-12(3,4)5/h8-9H,6-7H2,1-5H3/t9-/m1/s1. The largest absolute Gasteiger partial charge is 0.444 e. The second kappa shape index (κ2) is 4.94. The van der Waals surface area contributed by atoms with Crippen LogP contribution in [0.1, 0.15) is 41.0 Å². The van der Waals surface area contributed by atoms with Crippen molar-refractivity contribution in [3.05, 3.63) is 0 Å². The molecule has 0 bridgehead atoms. The van der Waals surface area contributed by atoms with Crippen molar-refractivity contribution < 1.29 is 19.1 Å². The van der Waals surface area contributed by atoms with Crippen LogP contribution in [0, 0.1) is 5.92 Å². The SMILES string of the molecule is CC(C)[C@H]1CC(=O)OCN1C(=O)OC(C)(C)C. The third-order valence-corrected chi connectivity index (χ3v) is 2.54. The van der Waals surface area contributed by atoms with Crippen LogP contribution in [-0.4, -0.2) is 35.3 Å². The van der Waals surface area contributed by atoms with E-state index in [0.29, 0.717) is 0 Å². The van der Waals surface area contributed by atoms with Gasteiger partial charge in [-0.1, -0.05) is 13.8 Å². The number of carbonyl (C=O) groups excluding carboxylic acids is 2. The predicted molar refractivity (Wildman–Crippen MR) is 62.3 cm³/mol. The molecule has 1 heterocycles. The second-order valence-electron chi connectivity index (χ2n) is 5.61. The van der Waals surface area contributed by atoms with Crippen molar-refractivity contribution in [3.8, 4) is 0 Å². The van der Waals surface area contributed by atoms with Gasteiger partial charge in [-0.3, -0.25) is 9.69 Å². The maximum Gasteiger partial charge on any atom is 0.413 e. The Kier molecular flexibility index (Phi) is 4.01. The second-order valence-corrected chi connectivity index (χ2v) is 5.61. The lowest BCUT2D eigenvalue weighted by Gasteiger charge is -2.37. The van der Waals surface area contributed by atoms with Crippen LogP contribution < -0.4 is 0 Å². The molecule has 1 aliphatic heterocycles. The minimum atomic E-state index is -0.542. The lowest BCUT2D eigenvalue weighted by atomic mass is 9.99. The summed E-state index contributed by atoms with van der Waals surface area (Å²) in [5.74, 6) is -0.0705.